The van der Waals surface area contributed by atoms with Gasteiger partial charge in [0.25, 0.3) is 0 Å². The zero-order valence-electron chi connectivity index (χ0n) is 16.0. The van der Waals surface area contributed by atoms with E-state index >= 15 is 0 Å². The van der Waals surface area contributed by atoms with Gasteiger partial charge in [0, 0.05) is 18.3 Å². The molecular weight excluding hydrogens is 326 g/mol. The fourth-order valence-electron chi connectivity index (χ4n) is 4.24. The number of aryl methyl sites for hydroxylation is 2. The highest BCUT2D eigenvalue weighted by molar-refractivity contribution is 6.39. The normalized spacial score (nSPS) is 19.5. The molecule has 1 aliphatic heterocycles. The quantitative estimate of drug-likeness (QED) is 0.815. The van der Waals surface area contributed by atoms with Crippen molar-refractivity contribution in [3.05, 3.63) is 29.3 Å². The average molecular weight is 357 g/mol. The fraction of sp³-hybridized carbons (Fsp3) is 0.619. The molecule has 1 aromatic carbocycles. The topological polar surface area (TPSA) is 61.4 Å². The molecule has 2 fully saturated rings. The van der Waals surface area contributed by atoms with Crippen LogP contribution < -0.4 is 10.6 Å². The molecule has 5 heteroatoms. The first-order valence-electron chi connectivity index (χ1n) is 9.93. The van der Waals surface area contributed by atoms with Gasteiger partial charge >= 0.3 is 11.8 Å². The van der Waals surface area contributed by atoms with E-state index in [1.807, 2.05) is 32.0 Å². The number of likely N-dealkylation sites (tertiary alicyclic amines) is 1. The number of hydrogen-bond donors (Lipinski definition) is 2. The molecule has 142 valence electrons. The summed E-state index contributed by atoms with van der Waals surface area (Å²) >= 11 is 0. The molecule has 1 aromatic rings. The second-order valence-electron chi connectivity index (χ2n) is 7.90. The molecular formula is C21H31N3O2. The number of anilines is 1. The Morgan fingerprint density at radius 3 is 2.38 bits per heavy atom. The Morgan fingerprint density at radius 1 is 1.04 bits per heavy atom. The smallest absolute Gasteiger partial charge is 0.313 e. The lowest BCUT2D eigenvalue weighted by Crippen LogP contribution is -2.44. The van der Waals surface area contributed by atoms with E-state index in [1.165, 1.54) is 25.7 Å². The number of amides is 2. The maximum atomic E-state index is 12.1. The highest BCUT2D eigenvalue weighted by atomic mass is 16.2. The first-order chi connectivity index (χ1) is 12.5. The van der Waals surface area contributed by atoms with Gasteiger partial charge in [-0.3, -0.25) is 9.59 Å². The largest absolute Gasteiger partial charge is 0.348 e. The number of carbonyl (C=O) groups excluding carboxylic acids is 2. The summed E-state index contributed by atoms with van der Waals surface area (Å²) in [6.07, 6.45) is 7.65. The van der Waals surface area contributed by atoms with E-state index in [9.17, 15) is 9.59 Å². The van der Waals surface area contributed by atoms with Crippen LogP contribution in [-0.2, 0) is 9.59 Å². The average Bonchev–Trinajstić information content (AvgIpc) is 3.17. The number of hydrogen-bond acceptors (Lipinski definition) is 3. The van der Waals surface area contributed by atoms with Crippen LogP contribution in [0.3, 0.4) is 0 Å². The molecule has 2 aliphatic rings. The molecule has 0 aromatic heterocycles. The minimum atomic E-state index is -0.583. The van der Waals surface area contributed by atoms with Crippen molar-refractivity contribution < 1.29 is 9.59 Å². The van der Waals surface area contributed by atoms with Gasteiger partial charge in [0.15, 0.2) is 0 Å². The summed E-state index contributed by atoms with van der Waals surface area (Å²) < 4.78 is 0. The van der Waals surface area contributed by atoms with Gasteiger partial charge in [0.2, 0.25) is 0 Å². The number of nitrogens with zero attached hydrogens (tertiary/aromatic N) is 1. The van der Waals surface area contributed by atoms with Crippen molar-refractivity contribution in [2.45, 2.75) is 58.4 Å². The van der Waals surface area contributed by atoms with Crippen molar-refractivity contribution >= 4 is 17.5 Å². The lowest BCUT2D eigenvalue weighted by atomic mass is 9.95. The van der Waals surface area contributed by atoms with Crippen LogP contribution in [0.25, 0.3) is 0 Å². The molecule has 1 saturated carbocycles. The predicted octanol–water partition coefficient (Wildman–Crippen LogP) is 3.01. The molecule has 1 heterocycles. The Balaban J connectivity index is 1.40. The third kappa shape index (κ3) is 4.85. The minimum Gasteiger partial charge on any atom is -0.348 e. The van der Waals surface area contributed by atoms with E-state index in [4.69, 9.17) is 0 Å². The third-order valence-electron chi connectivity index (χ3n) is 5.88. The lowest BCUT2D eigenvalue weighted by molar-refractivity contribution is -0.136. The van der Waals surface area contributed by atoms with Gasteiger partial charge in [-0.05, 0) is 70.2 Å². The number of benzene rings is 1. The number of nitrogens with one attached hydrogen (secondary N) is 2. The van der Waals surface area contributed by atoms with Crippen LogP contribution in [0.4, 0.5) is 5.69 Å². The highest BCUT2D eigenvalue weighted by Crippen LogP contribution is 2.27. The lowest BCUT2D eigenvalue weighted by Gasteiger charge is -2.36. The predicted molar refractivity (Wildman–Crippen MR) is 104 cm³/mol. The highest BCUT2D eigenvalue weighted by Gasteiger charge is 2.27. The van der Waals surface area contributed by atoms with Crippen LogP contribution in [0.1, 0.15) is 49.7 Å². The summed E-state index contributed by atoms with van der Waals surface area (Å²) in [4.78, 5) is 26.8. The van der Waals surface area contributed by atoms with E-state index in [0.29, 0.717) is 18.2 Å². The van der Waals surface area contributed by atoms with Gasteiger partial charge in [-0.15, -0.1) is 0 Å². The zero-order valence-corrected chi connectivity index (χ0v) is 16.0. The molecule has 1 aliphatic carbocycles. The summed E-state index contributed by atoms with van der Waals surface area (Å²) in [6.45, 7) is 6.78. The second kappa shape index (κ2) is 8.67. The van der Waals surface area contributed by atoms with E-state index in [0.717, 1.165) is 43.1 Å². The number of rotatable bonds is 4. The summed E-state index contributed by atoms with van der Waals surface area (Å²) in [5.41, 5.74) is 2.79. The Kier molecular flexibility index (Phi) is 6.30. The van der Waals surface area contributed by atoms with Crippen molar-refractivity contribution in [1.82, 2.24) is 10.2 Å². The summed E-state index contributed by atoms with van der Waals surface area (Å²) in [7, 11) is 0. The van der Waals surface area contributed by atoms with Crippen LogP contribution in [0.5, 0.6) is 0 Å². The van der Waals surface area contributed by atoms with Gasteiger partial charge in [-0.25, -0.2) is 0 Å². The number of piperidine rings is 1. The maximum Gasteiger partial charge on any atom is 0.313 e. The molecule has 26 heavy (non-hydrogen) atoms. The number of carbonyl (C=O) groups is 2. The Morgan fingerprint density at radius 2 is 1.73 bits per heavy atom. The van der Waals surface area contributed by atoms with Crippen molar-refractivity contribution in [3.8, 4) is 0 Å². The van der Waals surface area contributed by atoms with Gasteiger partial charge in [-0.1, -0.05) is 30.5 Å². The van der Waals surface area contributed by atoms with E-state index < -0.39 is 11.8 Å². The molecule has 0 bridgehead atoms. The Labute approximate surface area is 156 Å². The summed E-state index contributed by atoms with van der Waals surface area (Å²) in [5, 5.41) is 5.53. The first-order valence-corrected chi connectivity index (χ1v) is 9.93. The maximum absolute atomic E-state index is 12.1. The van der Waals surface area contributed by atoms with Gasteiger partial charge in [0.05, 0.1) is 0 Å². The molecule has 3 rings (SSSR count). The van der Waals surface area contributed by atoms with Crippen molar-refractivity contribution in [2.75, 3.05) is 25.0 Å². The molecule has 0 spiro atoms. The molecule has 0 atom stereocenters. The Bertz CT molecular complexity index is 645. The SMILES string of the molecule is Cc1ccc(NC(=O)C(=O)NCC2CCN(C3CCCC3)CC2)c(C)c1. The first kappa shape index (κ1) is 18.9. The van der Waals surface area contributed by atoms with Crippen LogP contribution in [0.2, 0.25) is 0 Å². The van der Waals surface area contributed by atoms with E-state index in [1.54, 1.807) is 0 Å². The van der Waals surface area contributed by atoms with Crippen molar-refractivity contribution in [1.29, 1.82) is 0 Å². The molecule has 2 N–H and O–H groups in total. The van der Waals surface area contributed by atoms with Gasteiger partial charge in [-0.2, -0.15) is 0 Å². The monoisotopic (exact) mass is 357 g/mol. The van der Waals surface area contributed by atoms with E-state index in [-0.39, 0.29) is 0 Å². The van der Waals surface area contributed by atoms with E-state index in [2.05, 4.69) is 15.5 Å². The van der Waals surface area contributed by atoms with Crippen molar-refractivity contribution in [2.24, 2.45) is 5.92 Å². The van der Waals surface area contributed by atoms with Crippen LogP contribution in [-0.4, -0.2) is 42.4 Å². The molecule has 1 saturated heterocycles. The van der Waals surface area contributed by atoms with Crippen LogP contribution in [0, 0.1) is 19.8 Å². The standard InChI is InChI=1S/C21H31N3O2/c1-15-7-8-19(16(2)13-15)23-21(26)20(25)22-14-17-9-11-24(12-10-17)18-5-3-4-6-18/h7-8,13,17-18H,3-6,9-12,14H2,1-2H3,(H,22,25)(H,23,26). The summed E-state index contributed by atoms with van der Waals surface area (Å²) in [5.74, 6) is -0.644. The zero-order chi connectivity index (χ0) is 18.5. The van der Waals surface area contributed by atoms with Crippen molar-refractivity contribution in [3.63, 3.8) is 0 Å². The second-order valence-corrected chi connectivity index (χ2v) is 7.90. The van der Waals surface area contributed by atoms with Crippen LogP contribution in [0.15, 0.2) is 18.2 Å². The van der Waals surface area contributed by atoms with Gasteiger partial charge in [0.1, 0.15) is 0 Å². The van der Waals surface area contributed by atoms with Gasteiger partial charge < -0.3 is 15.5 Å². The molecule has 2 amide bonds. The Hall–Kier alpha value is -1.88. The summed E-state index contributed by atoms with van der Waals surface area (Å²) in [6, 6.07) is 6.55. The molecule has 0 radical (unpaired) electrons. The molecule has 5 nitrogen and oxygen atoms in total. The fourth-order valence-corrected chi connectivity index (χ4v) is 4.24. The third-order valence-corrected chi connectivity index (χ3v) is 5.88. The molecule has 0 unspecified atom stereocenters. The minimum absolute atomic E-state index is 0.477. The van der Waals surface area contributed by atoms with Crippen LogP contribution >= 0.6 is 0 Å².